The minimum atomic E-state index is -4.76. The Labute approximate surface area is 111 Å². The van der Waals surface area contributed by atoms with E-state index in [1.807, 2.05) is 0 Å². The number of hydrogen-bond acceptors (Lipinski definition) is 3. The normalized spacial score (nSPS) is 12.8. The first-order chi connectivity index (χ1) is 7.64. The molecule has 0 unspecified atom stereocenters. The zero-order chi connectivity index (χ0) is 13.4. The van der Waals surface area contributed by atoms with Gasteiger partial charge in [0.05, 0.1) is 15.5 Å². The van der Waals surface area contributed by atoms with Gasteiger partial charge in [0.25, 0.3) is 5.69 Å². The van der Waals surface area contributed by atoms with Gasteiger partial charge in [-0.2, -0.15) is 13.2 Å². The van der Waals surface area contributed by atoms with E-state index in [1.54, 1.807) is 0 Å². The lowest BCUT2D eigenvalue weighted by atomic mass is 10.0. The highest BCUT2D eigenvalue weighted by molar-refractivity contribution is 6.32. The average Bonchev–Trinajstić information content (AvgIpc) is 2.15. The van der Waals surface area contributed by atoms with E-state index in [9.17, 15) is 23.3 Å². The summed E-state index contributed by atoms with van der Waals surface area (Å²) < 4.78 is 37.8. The van der Waals surface area contributed by atoms with Crippen LogP contribution in [0.2, 0.25) is 5.02 Å². The number of nitro benzene ring substituents is 1. The first-order valence-corrected chi connectivity index (χ1v) is 4.83. The van der Waals surface area contributed by atoms with Crippen molar-refractivity contribution >= 4 is 29.7 Å². The molecule has 0 aliphatic rings. The Morgan fingerprint density at radius 1 is 1.44 bits per heavy atom. The predicted octanol–water partition coefficient (Wildman–Crippen LogP) is 3.71. The van der Waals surface area contributed by atoms with Crippen LogP contribution in [-0.4, -0.2) is 4.92 Å². The monoisotopic (exact) mass is 304 g/mol. The number of halogens is 5. The standard InChI is InChI=1S/C9H8ClF3N2O2.ClH/c1-4(14)6-2-5(15(16)17)3-7(8(6)10)9(11,12)13;/h2-4H,14H2,1H3;1H/t4-;/m1./s1. The smallest absolute Gasteiger partial charge is 0.324 e. The van der Waals surface area contributed by atoms with Gasteiger partial charge < -0.3 is 5.73 Å². The molecule has 0 fully saturated rings. The third-order valence-electron chi connectivity index (χ3n) is 2.09. The highest BCUT2D eigenvalue weighted by Crippen LogP contribution is 2.40. The third kappa shape index (κ3) is 3.47. The highest BCUT2D eigenvalue weighted by atomic mass is 35.5. The van der Waals surface area contributed by atoms with Crippen molar-refractivity contribution in [1.29, 1.82) is 0 Å². The van der Waals surface area contributed by atoms with Crippen LogP contribution in [0.5, 0.6) is 0 Å². The summed E-state index contributed by atoms with van der Waals surface area (Å²) >= 11 is 5.54. The SMILES string of the molecule is C[C@@H](N)c1cc([N+](=O)[O-])cc(C(F)(F)F)c1Cl.Cl. The molecule has 0 saturated carbocycles. The Kier molecular flexibility index (Phi) is 5.39. The molecule has 18 heavy (non-hydrogen) atoms. The topological polar surface area (TPSA) is 69.2 Å². The van der Waals surface area contributed by atoms with E-state index in [2.05, 4.69) is 0 Å². The first-order valence-electron chi connectivity index (χ1n) is 4.45. The minimum absolute atomic E-state index is 0. The Balaban J connectivity index is 0.00000289. The second-order valence-corrected chi connectivity index (χ2v) is 3.82. The molecular weight excluding hydrogens is 296 g/mol. The van der Waals surface area contributed by atoms with Gasteiger partial charge in [0.1, 0.15) is 0 Å². The summed E-state index contributed by atoms with van der Waals surface area (Å²) in [4.78, 5) is 9.60. The zero-order valence-electron chi connectivity index (χ0n) is 8.99. The van der Waals surface area contributed by atoms with E-state index in [4.69, 9.17) is 17.3 Å². The minimum Gasteiger partial charge on any atom is -0.324 e. The molecule has 9 heteroatoms. The molecule has 4 nitrogen and oxygen atoms in total. The van der Waals surface area contributed by atoms with Gasteiger partial charge in [-0.25, -0.2) is 0 Å². The fraction of sp³-hybridized carbons (Fsp3) is 0.333. The number of nitrogens with zero attached hydrogens (tertiary/aromatic N) is 1. The lowest BCUT2D eigenvalue weighted by Gasteiger charge is -2.14. The molecule has 1 atom stereocenters. The van der Waals surface area contributed by atoms with E-state index in [-0.39, 0.29) is 18.0 Å². The van der Waals surface area contributed by atoms with Crippen molar-refractivity contribution in [2.75, 3.05) is 0 Å². The number of rotatable bonds is 2. The molecule has 0 radical (unpaired) electrons. The number of nitro groups is 1. The summed E-state index contributed by atoms with van der Waals surface area (Å²) in [5.74, 6) is 0. The van der Waals surface area contributed by atoms with Crippen molar-refractivity contribution in [2.24, 2.45) is 5.73 Å². The fourth-order valence-corrected chi connectivity index (χ4v) is 1.66. The lowest BCUT2D eigenvalue weighted by molar-refractivity contribution is -0.385. The lowest BCUT2D eigenvalue weighted by Crippen LogP contribution is -2.12. The molecule has 0 spiro atoms. The maximum atomic E-state index is 12.6. The van der Waals surface area contributed by atoms with Gasteiger partial charge in [-0.3, -0.25) is 10.1 Å². The molecule has 102 valence electrons. The van der Waals surface area contributed by atoms with Crippen LogP contribution in [0.3, 0.4) is 0 Å². The number of benzene rings is 1. The Morgan fingerprint density at radius 2 is 1.94 bits per heavy atom. The van der Waals surface area contributed by atoms with Crippen molar-refractivity contribution in [2.45, 2.75) is 19.1 Å². The summed E-state index contributed by atoms with van der Waals surface area (Å²) in [6.07, 6.45) is -4.76. The van der Waals surface area contributed by atoms with Gasteiger partial charge in [0.2, 0.25) is 0 Å². The van der Waals surface area contributed by atoms with E-state index in [0.717, 1.165) is 6.07 Å². The van der Waals surface area contributed by atoms with Crippen molar-refractivity contribution in [1.82, 2.24) is 0 Å². The highest BCUT2D eigenvalue weighted by Gasteiger charge is 2.36. The van der Waals surface area contributed by atoms with Gasteiger partial charge >= 0.3 is 6.18 Å². The molecule has 1 rings (SSSR count). The van der Waals surface area contributed by atoms with E-state index < -0.39 is 33.4 Å². The molecule has 1 aromatic rings. The molecule has 0 aliphatic heterocycles. The van der Waals surface area contributed by atoms with Gasteiger partial charge in [-0.05, 0) is 12.5 Å². The van der Waals surface area contributed by atoms with Crippen LogP contribution in [0.1, 0.15) is 24.1 Å². The molecule has 2 N–H and O–H groups in total. The quantitative estimate of drug-likeness (QED) is 0.669. The zero-order valence-corrected chi connectivity index (χ0v) is 10.6. The first kappa shape index (κ1) is 16.9. The van der Waals surface area contributed by atoms with E-state index >= 15 is 0 Å². The molecule has 0 bridgehead atoms. The van der Waals surface area contributed by atoms with E-state index in [0.29, 0.717) is 6.07 Å². The molecule has 0 aromatic heterocycles. The number of non-ortho nitro benzene ring substituents is 1. The molecule has 0 saturated heterocycles. The molecule has 0 amide bonds. The van der Waals surface area contributed by atoms with Gasteiger partial charge in [-0.15, -0.1) is 12.4 Å². The Bertz CT molecular complexity index is 464. The summed E-state index contributed by atoms with van der Waals surface area (Å²) in [6.45, 7) is 1.39. The maximum absolute atomic E-state index is 12.6. The van der Waals surface area contributed by atoms with Crippen molar-refractivity contribution in [3.05, 3.63) is 38.4 Å². The number of alkyl halides is 3. The van der Waals surface area contributed by atoms with Crippen molar-refractivity contribution in [3.8, 4) is 0 Å². The number of hydrogen-bond donors (Lipinski definition) is 1. The number of nitrogens with two attached hydrogens (primary N) is 1. The summed E-state index contributed by atoms with van der Waals surface area (Å²) in [5.41, 5.74) is 3.38. The Hall–Kier alpha value is -1.05. The molecule has 1 aromatic carbocycles. The maximum Gasteiger partial charge on any atom is 0.418 e. The Morgan fingerprint density at radius 3 is 2.28 bits per heavy atom. The second kappa shape index (κ2) is 5.73. The van der Waals surface area contributed by atoms with Crippen molar-refractivity contribution < 1.29 is 18.1 Å². The van der Waals surface area contributed by atoms with Crippen molar-refractivity contribution in [3.63, 3.8) is 0 Å². The molecule has 0 heterocycles. The third-order valence-corrected chi connectivity index (χ3v) is 2.51. The van der Waals surface area contributed by atoms with Gasteiger partial charge in [0, 0.05) is 18.2 Å². The van der Waals surface area contributed by atoms with Crippen LogP contribution in [0.4, 0.5) is 18.9 Å². The van der Waals surface area contributed by atoms with Gasteiger partial charge in [0.15, 0.2) is 0 Å². The predicted molar refractivity (Wildman–Crippen MR) is 63.0 cm³/mol. The van der Waals surface area contributed by atoms with E-state index in [1.165, 1.54) is 6.92 Å². The van der Waals surface area contributed by atoms with Crippen LogP contribution in [0.15, 0.2) is 12.1 Å². The van der Waals surface area contributed by atoms with Gasteiger partial charge in [-0.1, -0.05) is 11.6 Å². The summed E-state index contributed by atoms with van der Waals surface area (Å²) in [7, 11) is 0. The van der Waals surface area contributed by atoms with Crippen LogP contribution in [-0.2, 0) is 6.18 Å². The van der Waals surface area contributed by atoms with Crippen LogP contribution >= 0.6 is 24.0 Å². The van der Waals surface area contributed by atoms with Crippen LogP contribution < -0.4 is 5.73 Å². The summed E-state index contributed by atoms with van der Waals surface area (Å²) in [5, 5.41) is 9.92. The average molecular weight is 305 g/mol. The fourth-order valence-electron chi connectivity index (χ4n) is 1.27. The molecule has 0 aliphatic carbocycles. The second-order valence-electron chi connectivity index (χ2n) is 3.44. The summed E-state index contributed by atoms with van der Waals surface area (Å²) in [6, 6.07) is 0.514. The molecular formula is C9H9Cl2F3N2O2. The largest absolute Gasteiger partial charge is 0.418 e. The van der Waals surface area contributed by atoms with Crippen LogP contribution in [0.25, 0.3) is 0 Å². The van der Waals surface area contributed by atoms with Crippen LogP contribution in [0, 0.1) is 10.1 Å².